The molecule has 0 aliphatic carbocycles. The second-order valence-electron chi connectivity index (χ2n) is 39.0. The lowest BCUT2D eigenvalue weighted by Gasteiger charge is -2.51. The molecule has 4 N–H and O–H groups in total. The van der Waals surface area contributed by atoms with Gasteiger partial charge in [-0.05, 0) is 261 Å². The van der Waals surface area contributed by atoms with Crippen LogP contribution in [0.2, 0.25) is 20.1 Å². The van der Waals surface area contributed by atoms with Gasteiger partial charge in [0.15, 0.2) is 85.6 Å². The van der Waals surface area contributed by atoms with Crippen LogP contribution in [-0.2, 0) is 106 Å². The van der Waals surface area contributed by atoms with E-state index >= 15 is 17.6 Å². The summed E-state index contributed by atoms with van der Waals surface area (Å²) in [6, 6.07) is 38.3. The van der Waals surface area contributed by atoms with E-state index in [2.05, 4.69) is 21.3 Å². The van der Waals surface area contributed by atoms with Crippen LogP contribution in [0.3, 0.4) is 0 Å². The first-order valence-electron chi connectivity index (χ1n) is 47.8. The third kappa shape index (κ3) is 22.4. The molecule has 12 heterocycles. The predicted octanol–water partition coefficient (Wildman–Crippen LogP) is 17.0. The molecule has 0 amide bonds. The van der Waals surface area contributed by atoms with Crippen LogP contribution in [0.4, 0.5) is 35.1 Å². The van der Waals surface area contributed by atoms with Gasteiger partial charge >= 0.3 is 0 Å². The first kappa shape index (κ1) is 102. The zero-order valence-corrected chi connectivity index (χ0v) is 82.6. The van der Waals surface area contributed by atoms with Gasteiger partial charge in [0.05, 0.1) is 95.9 Å². The average Bonchev–Trinajstić information content (AvgIpc) is 0.994. The van der Waals surface area contributed by atoms with Gasteiger partial charge in [-0.25, -0.2) is 68.8 Å². The quantitative estimate of drug-likeness (QED) is 0.0367. The monoisotopic (exact) mass is 2070 g/mol. The molecule has 0 spiro atoms. The van der Waals surface area contributed by atoms with Gasteiger partial charge in [0.25, 0.3) is 0 Å². The SMILES string of the molecule is O=S(=O)(CC[C@@H]1OCC[C@@]2(Cc3ccc(Cl)cc3)c3c(F)ccc(F)c3OC[C@@H]12)C[C@@H]1CCCN1.O=S(=O)(CC[C@@H]1OCC[C@@]2(Cc3ccc(Cl)cc3)c3c(F)ccc(F)c3OC[C@@H]12)C[C@H]1CCCN1.O=S(=O)(CC[C@@H]1OCC[C@@]2(Cc3ccc(Cl)cc3)c3c(F)ccc(F)c3OC[C@@H]12)[C@@H]1CCNC1.O=S(=O)(CC[C@@H]1OCC[C@@]2(Cc3ccc(Cl)cc3)c3c(F)ccc(F)c3OC[C@@H]12)[C@H]1CCNC1. The van der Waals surface area contributed by atoms with Crippen LogP contribution < -0.4 is 40.2 Å². The molecule has 20 nitrogen and oxygen atoms in total. The molecule has 8 aromatic carbocycles. The molecule has 0 aromatic heterocycles. The van der Waals surface area contributed by atoms with Crippen molar-refractivity contribution in [2.45, 2.75) is 184 Å². The summed E-state index contributed by atoms with van der Waals surface area (Å²) >= 11 is 24.3. The maximum atomic E-state index is 15.4. The second kappa shape index (κ2) is 43.5. The van der Waals surface area contributed by atoms with E-state index in [9.17, 15) is 51.2 Å². The summed E-state index contributed by atoms with van der Waals surface area (Å²) in [5.74, 6) is -5.71. The van der Waals surface area contributed by atoms with Crippen LogP contribution in [0.15, 0.2) is 146 Å². The minimum Gasteiger partial charge on any atom is -0.490 e. The van der Waals surface area contributed by atoms with E-state index in [1.165, 1.54) is 0 Å². The average molecular weight is 2080 g/mol. The van der Waals surface area contributed by atoms with Crippen molar-refractivity contribution in [3.63, 3.8) is 0 Å². The number of nitrogens with one attached hydrogen (secondary N) is 4. The standard InChI is InChI=1S/2C26H30ClF2NO4S.2C25H28ClF2NO4S/c2*27-18-5-3-17(4-6-18)14-26-10-12-33-23(9-13-35(31,32)16-19-2-1-11-30-19)20(26)15-34-25-22(29)8-7-21(28)24(25)26;2*26-17-3-1-16(2-4-17)13-25-9-11-32-22(8-12-34(30,31)18-7-10-29-14-18)19(25)15-33-24-21(28)6-5-20(27)23(24)25/h2*3-8,19-20,23,30H,1-2,9-16H2;2*1-6,18-19,22,29H,7-15H2/t19-,20+,23+,26+;19-,20-,23-,26-;18-,19+,22+,25+;18-,19-,22-,25-/m1010/s1. The van der Waals surface area contributed by atoms with E-state index in [4.69, 9.17) is 84.3 Å². The van der Waals surface area contributed by atoms with Gasteiger partial charge in [-0.1, -0.05) is 94.9 Å². The summed E-state index contributed by atoms with van der Waals surface area (Å²) < 4.78 is 271. The van der Waals surface area contributed by atoms with Crippen molar-refractivity contribution in [2.75, 3.05) is 127 Å². The fourth-order valence-electron chi connectivity index (χ4n) is 23.9. The molecule has 0 unspecified atom stereocenters. The molecule has 748 valence electrons. The lowest BCUT2D eigenvalue weighted by Crippen LogP contribution is -2.55. The molecule has 8 saturated heterocycles. The number of ether oxygens (including phenoxy) is 8. The highest BCUT2D eigenvalue weighted by molar-refractivity contribution is 7.92. The summed E-state index contributed by atoms with van der Waals surface area (Å²) in [7, 11) is -13.2. The summed E-state index contributed by atoms with van der Waals surface area (Å²) in [6.45, 7) is 5.89. The molecule has 0 radical (unpaired) electrons. The van der Waals surface area contributed by atoms with Gasteiger partial charge in [0.2, 0.25) is 0 Å². The van der Waals surface area contributed by atoms with Crippen molar-refractivity contribution in [1.29, 1.82) is 0 Å². The molecule has 12 aliphatic rings. The van der Waals surface area contributed by atoms with Crippen LogP contribution in [0, 0.1) is 70.2 Å². The maximum absolute atomic E-state index is 15.4. The van der Waals surface area contributed by atoms with Crippen molar-refractivity contribution in [3.05, 3.63) is 257 Å². The van der Waals surface area contributed by atoms with E-state index < -0.39 is 132 Å². The summed E-state index contributed by atoms with van der Waals surface area (Å²) in [6.07, 6.45) is 8.01. The molecular formula is C102H116Cl4F8N4O16S4. The Balaban J connectivity index is 0.000000127. The molecule has 16 atom stereocenters. The van der Waals surface area contributed by atoms with Gasteiger partial charge in [0, 0.05) is 139 Å². The largest absolute Gasteiger partial charge is 0.490 e. The van der Waals surface area contributed by atoms with E-state index in [1.54, 1.807) is 48.5 Å². The molecule has 8 aromatic rings. The minimum atomic E-state index is -3.29. The van der Waals surface area contributed by atoms with E-state index in [-0.39, 0.29) is 165 Å². The highest BCUT2D eigenvalue weighted by atomic mass is 35.5. The van der Waals surface area contributed by atoms with Gasteiger partial charge in [0.1, 0.15) is 23.3 Å². The summed E-state index contributed by atoms with van der Waals surface area (Å²) in [5.41, 5.74) is 1.56. The Labute approximate surface area is 822 Å². The molecule has 0 saturated carbocycles. The van der Waals surface area contributed by atoms with E-state index in [0.717, 1.165) is 110 Å². The van der Waals surface area contributed by atoms with Crippen molar-refractivity contribution in [3.8, 4) is 23.0 Å². The van der Waals surface area contributed by atoms with Crippen molar-refractivity contribution in [1.82, 2.24) is 21.3 Å². The lowest BCUT2D eigenvalue weighted by atomic mass is 9.60. The highest BCUT2D eigenvalue weighted by Gasteiger charge is 2.59. The molecule has 12 aliphatic heterocycles. The first-order chi connectivity index (χ1) is 66.1. The highest BCUT2D eigenvalue weighted by Crippen LogP contribution is 2.59. The second-order valence-corrected chi connectivity index (χ2v) is 50.0. The Bertz CT molecular complexity index is 5750. The number of benzene rings is 8. The first-order valence-corrected chi connectivity index (χ1v) is 56.3. The normalized spacial score (nSPS) is 28.5. The van der Waals surface area contributed by atoms with Gasteiger partial charge in [-0.3, -0.25) is 0 Å². The number of halogens is 12. The smallest absolute Gasteiger partial charge is 0.165 e. The maximum Gasteiger partial charge on any atom is 0.165 e. The number of sulfone groups is 4. The van der Waals surface area contributed by atoms with Crippen LogP contribution in [-0.4, -0.2) is 207 Å². The van der Waals surface area contributed by atoms with Crippen molar-refractivity contribution < 1.29 is 107 Å². The fourth-order valence-corrected chi connectivity index (χ4v) is 31.2. The summed E-state index contributed by atoms with van der Waals surface area (Å²) in [4.78, 5) is 0. The van der Waals surface area contributed by atoms with Crippen molar-refractivity contribution in [2.24, 2.45) is 23.7 Å². The minimum absolute atomic E-state index is 0.00164. The molecule has 0 bridgehead atoms. The molecular weight excluding hydrogens is 1960 g/mol. The van der Waals surface area contributed by atoms with Crippen LogP contribution in [0.25, 0.3) is 0 Å². The van der Waals surface area contributed by atoms with Gasteiger partial charge in [-0.15, -0.1) is 0 Å². The Kier molecular flexibility index (Phi) is 32.3. The van der Waals surface area contributed by atoms with E-state index in [1.807, 2.05) is 48.5 Å². The van der Waals surface area contributed by atoms with Crippen molar-refractivity contribution >= 4 is 85.8 Å². The van der Waals surface area contributed by atoms with Gasteiger partial charge in [-0.2, -0.15) is 0 Å². The predicted molar refractivity (Wildman–Crippen MR) is 514 cm³/mol. The molecule has 36 heteroatoms. The van der Waals surface area contributed by atoms with E-state index in [0.29, 0.717) is 150 Å². The van der Waals surface area contributed by atoms with Crippen LogP contribution in [0.1, 0.15) is 134 Å². The Morgan fingerprint density at radius 3 is 0.790 bits per heavy atom. The fraction of sp³-hybridized carbons (Fsp3) is 0.529. The third-order valence-corrected chi connectivity index (χ3v) is 39.8. The topological polar surface area (TPSA) is 259 Å². The molecule has 138 heavy (non-hydrogen) atoms. The molecule has 20 rings (SSSR count). The molecule has 8 fully saturated rings. The number of rotatable bonds is 26. The van der Waals surface area contributed by atoms with Gasteiger partial charge < -0.3 is 59.2 Å². The summed E-state index contributed by atoms with van der Waals surface area (Å²) in [5, 5.41) is 14.3. The van der Waals surface area contributed by atoms with Crippen LogP contribution in [0.5, 0.6) is 23.0 Å². The Morgan fingerprint density at radius 2 is 0.558 bits per heavy atom. The zero-order valence-electron chi connectivity index (χ0n) is 76.4. The number of hydrogen-bond acceptors (Lipinski definition) is 20. The third-order valence-electron chi connectivity index (χ3n) is 30.8. The number of hydrogen-bond donors (Lipinski definition) is 4. The van der Waals surface area contributed by atoms with Crippen LogP contribution >= 0.6 is 46.4 Å². The zero-order chi connectivity index (χ0) is 97.1. The Morgan fingerprint density at radius 1 is 0.312 bits per heavy atom. The lowest BCUT2D eigenvalue weighted by molar-refractivity contribution is -0.0965. The Hall–Kier alpha value is -6.96. The number of fused-ring (bicyclic) bond motifs is 12.